The second-order valence-corrected chi connectivity index (χ2v) is 5.10. The van der Waals surface area contributed by atoms with E-state index >= 15 is 0 Å². The first kappa shape index (κ1) is 12.0. The van der Waals surface area contributed by atoms with E-state index in [1.54, 1.807) is 18.7 Å². The number of rotatable bonds is 3. The molecule has 0 radical (unpaired) electrons. The summed E-state index contributed by atoms with van der Waals surface area (Å²) < 4.78 is 0.997. The highest BCUT2D eigenvalue weighted by atomic mass is 79.9. The van der Waals surface area contributed by atoms with Crippen molar-refractivity contribution in [1.29, 1.82) is 0 Å². The fourth-order valence-electron chi connectivity index (χ4n) is 1.94. The molecule has 0 bridgehead atoms. The number of nitrogens with two attached hydrogens (primary N) is 1. The van der Waals surface area contributed by atoms with Gasteiger partial charge in [0.2, 0.25) is 0 Å². The number of pyridine rings is 1. The van der Waals surface area contributed by atoms with Crippen molar-refractivity contribution >= 4 is 38.2 Å². The van der Waals surface area contributed by atoms with Crippen molar-refractivity contribution < 1.29 is 0 Å². The zero-order chi connectivity index (χ0) is 13.2. The highest BCUT2D eigenvalue weighted by Gasteiger charge is 2.07. The van der Waals surface area contributed by atoms with Crippen molar-refractivity contribution in [3.63, 3.8) is 0 Å². The summed E-state index contributed by atoms with van der Waals surface area (Å²) in [5.41, 5.74) is 9.44. The van der Waals surface area contributed by atoms with Crippen molar-refractivity contribution in [3.05, 3.63) is 47.1 Å². The molecule has 0 aliphatic carbocycles. The first-order valence-corrected chi connectivity index (χ1v) is 6.58. The lowest BCUT2D eigenvalue weighted by Gasteiger charge is -2.11. The van der Waals surface area contributed by atoms with Crippen molar-refractivity contribution in [3.8, 4) is 0 Å². The van der Waals surface area contributed by atoms with Crippen molar-refractivity contribution in [2.45, 2.75) is 6.54 Å². The van der Waals surface area contributed by atoms with E-state index < -0.39 is 0 Å². The average molecular weight is 318 g/mol. The molecule has 0 spiro atoms. The van der Waals surface area contributed by atoms with Crippen LogP contribution < -0.4 is 11.1 Å². The molecule has 0 aliphatic rings. The lowest BCUT2D eigenvalue weighted by atomic mass is 10.1. The Morgan fingerprint density at radius 3 is 3.00 bits per heavy atom. The number of nitrogens with one attached hydrogen (secondary N) is 2. The summed E-state index contributed by atoms with van der Waals surface area (Å²) in [5, 5.41) is 4.32. The number of halogens is 1. The number of benzene rings is 1. The van der Waals surface area contributed by atoms with E-state index in [4.69, 9.17) is 5.73 Å². The predicted molar refractivity (Wildman–Crippen MR) is 79.8 cm³/mol. The van der Waals surface area contributed by atoms with Crippen LogP contribution in [0.4, 0.5) is 11.4 Å². The molecule has 6 heteroatoms. The van der Waals surface area contributed by atoms with E-state index in [0.717, 1.165) is 26.8 Å². The topological polar surface area (TPSA) is 79.6 Å². The first-order valence-electron chi connectivity index (χ1n) is 5.79. The molecule has 2 heterocycles. The lowest BCUT2D eigenvalue weighted by molar-refractivity contribution is 1.08. The summed E-state index contributed by atoms with van der Waals surface area (Å²) in [6.07, 6.45) is 5.11. The number of anilines is 2. The molecular formula is C13H12BrN5. The third-order valence-electron chi connectivity index (χ3n) is 2.87. The Bertz CT molecular complexity index is 703. The van der Waals surface area contributed by atoms with Crippen LogP contribution in [0.1, 0.15) is 5.69 Å². The molecule has 0 unspecified atom stereocenters. The molecule has 1 aromatic carbocycles. The van der Waals surface area contributed by atoms with Crippen LogP contribution in [-0.4, -0.2) is 15.0 Å². The third kappa shape index (κ3) is 2.39. The zero-order valence-corrected chi connectivity index (χ0v) is 11.6. The van der Waals surface area contributed by atoms with Gasteiger partial charge in [-0.1, -0.05) is 15.9 Å². The van der Waals surface area contributed by atoms with Crippen LogP contribution in [0.2, 0.25) is 0 Å². The first-order chi connectivity index (χ1) is 9.24. The Balaban J connectivity index is 2.01. The fraction of sp³-hybridized carbons (Fsp3) is 0.0769. The van der Waals surface area contributed by atoms with Crippen LogP contribution in [0.15, 0.2) is 41.4 Å². The fourth-order valence-corrected chi connectivity index (χ4v) is 2.30. The van der Waals surface area contributed by atoms with Gasteiger partial charge >= 0.3 is 0 Å². The van der Waals surface area contributed by atoms with Crippen LogP contribution in [-0.2, 0) is 6.54 Å². The predicted octanol–water partition coefficient (Wildman–Crippen LogP) is 2.91. The minimum absolute atomic E-state index is 0.630. The Kier molecular flexibility index (Phi) is 3.08. The normalized spacial score (nSPS) is 10.8. The van der Waals surface area contributed by atoms with Crippen LogP contribution in [0.25, 0.3) is 10.9 Å². The molecule has 3 aromatic rings. The van der Waals surface area contributed by atoms with E-state index in [2.05, 4.69) is 36.2 Å². The van der Waals surface area contributed by atoms with Crippen LogP contribution in [0.5, 0.6) is 0 Å². The summed E-state index contributed by atoms with van der Waals surface area (Å²) in [6, 6.07) is 5.93. The Morgan fingerprint density at radius 1 is 1.32 bits per heavy atom. The minimum Gasteiger partial charge on any atom is -0.396 e. The van der Waals surface area contributed by atoms with E-state index in [1.807, 2.05) is 18.2 Å². The van der Waals surface area contributed by atoms with Crippen LogP contribution >= 0.6 is 15.9 Å². The van der Waals surface area contributed by atoms with Gasteiger partial charge in [-0.25, -0.2) is 4.98 Å². The third-order valence-corrected chi connectivity index (χ3v) is 3.36. The maximum absolute atomic E-state index is 6.01. The van der Waals surface area contributed by atoms with Crippen molar-refractivity contribution in [2.75, 3.05) is 11.1 Å². The maximum Gasteiger partial charge on any atom is 0.0922 e. The standard InChI is InChI=1S/C13H12BrN5/c14-8-1-2-12-10(3-8)13(11(15)6-17-12)18-5-9-4-16-7-19-9/h1-4,6-7H,5,15H2,(H,16,19)(H,17,18). The van der Waals surface area contributed by atoms with Gasteiger partial charge in [-0.2, -0.15) is 0 Å². The number of H-pyrrole nitrogens is 1. The molecule has 96 valence electrons. The number of aromatic amines is 1. The summed E-state index contributed by atoms with van der Waals surface area (Å²) in [7, 11) is 0. The summed E-state index contributed by atoms with van der Waals surface area (Å²) in [6.45, 7) is 0.635. The van der Waals surface area contributed by atoms with Crippen molar-refractivity contribution in [2.24, 2.45) is 0 Å². The van der Waals surface area contributed by atoms with E-state index in [0.29, 0.717) is 12.2 Å². The molecule has 5 nitrogen and oxygen atoms in total. The van der Waals surface area contributed by atoms with Crippen LogP contribution in [0, 0.1) is 0 Å². The number of imidazole rings is 1. The number of nitrogens with zero attached hydrogens (tertiary/aromatic N) is 2. The number of hydrogen-bond donors (Lipinski definition) is 3. The number of hydrogen-bond acceptors (Lipinski definition) is 4. The summed E-state index contributed by atoms with van der Waals surface area (Å²) in [4.78, 5) is 11.4. The Morgan fingerprint density at radius 2 is 2.21 bits per heavy atom. The molecule has 2 aromatic heterocycles. The van der Waals surface area contributed by atoms with Gasteiger partial charge in [0.25, 0.3) is 0 Å². The smallest absolute Gasteiger partial charge is 0.0922 e. The monoisotopic (exact) mass is 317 g/mol. The zero-order valence-electron chi connectivity index (χ0n) is 10.0. The number of fused-ring (bicyclic) bond motifs is 1. The maximum atomic E-state index is 6.01. The largest absolute Gasteiger partial charge is 0.396 e. The van der Waals surface area contributed by atoms with E-state index in [-0.39, 0.29) is 0 Å². The molecule has 0 saturated heterocycles. The Labute approximate surface area is 118 Å². The molecule has 0 atom stereocenters. The van der Waals surface area contributed by atoms with Gasteiger partial charge in [-0.3, -0.25) is 4.98 Å². The Hall–Kier alpha value is -2.08. The summed E-state index contributed by atoms with van der Waals surface area (Å²) >= 11 is 3.47. The van der Waals surface area contributed by atoms with Gasteiger partial charge in [-0.15, -0.1) is 0 Å². The molecule has 4 N–H and O–H groups in total. The van der Waals surface area contributed by atoms with E-state index in [9.17, 15) is 0 Å². The molecule has 0 fully saturated rings. The van der Waals surface area contributed by atoms with Gasteiger partial charge in [0.15, 0.2) is 0 Å². The van der Waals surface area contributed by atoms with Gasteiger partial charge in [-0.05, 0) is 18.2 Å². The quantitative estimate of drug-likeness (QED) is 0.694. The molecular weight excluding hydrogens is 306 g/mol. The molecule has 0 saturated carbocycles. The molecule has 0 amide bonds. The molecule has 3 rings (SSSR count). The van der Waals surface area contributed by atoms with Gasteiger partial charge in [0, 0.05) is 16.1 Å². The van der Waals surface area contributed by atoms with Crippen molar-refractivity contribution in [1.82, 2.24) is 15.0 Å². The van der Waals surface area contributed by atoms with Gasteiger partial charge in [0.1, 0.15) is 0 Å². The number of nitrogen functional groups attached to an aromatic ring is 1. The SMILES string of the molecule is Nc1cnc2ccc(Br)cc2c1NCc1cnc[nH]1. The minimum atomic E-state index is 0.630. The molecule has 0 aliphatic heterocycles. The second-order valence-electron chi connectivity index (χ2n) is 4.18. The van der Waals surface area contributed by atoms with Gasteiger partial charge < -0.3 is 16.0 Å². The molecule has 19 heavy (non-hydrogen) atoms. The lowest BCUT2D eigenvalue weighted by Crippen LogP contribution is -2.04. The highest BCUT2D eigenvalue weighted by Crippen LogP contribution is 2.30. The average Bonchev–Trinajstić information content (AvgIpc) is 2.91. The second kappa shape index (κ2) is 4.89. The number of aromatic nitrogens is 3. The van der Waals surface area contributed by atoms with Gasteiger partial charge in [0.05, 0.1) is 41.7 Å². The van der Waals surface area contributed by atoms with Crippen LogP contribution in [0.3, 0.4) is 0 Å². The summed E-state index contributed by atoms with van der Waals surface area (Å²) in [5.74, 6) is 0. The van der Waals surface area contributed by atoms with E-state index in [1.165, 1.54) is 0 Å². The highest BCUT2D eigenvalue weighted by molar-refractivity contribution is 9.10.